The summed E-state index contributed by atoms with van der Waals surface area (Å²) in [5.74, 6) is -0.993. The van der Waals surface area contributed by atoms with E-state index in [1.807, 2.05) is 0 Å². The number of nitrogens with one attached hydrogen (secondary N) is 1. The molecule has 1 aromatic carbocycles. The number of hydrogen-bond donors (Lipinski definition) is 1. The lowest BCUT2D eigenvalue weighted by atomic mass is 9.95. The highest BCUT2D eigenvalue weighted by molar-refractivity contribution is 5.94. The van der Waals surface area contributed by atoms with Crippen molar-refractivity contribution in [3.05, 3.63) is 35.9 Å². The first-order chi connectivity index (χ1) is 13.8. The molecule has 3 rings (SSSR count). The van der Waals surface area contributed by atoms with Crippen LogP contribution in [0.4, 0.5) is 17.6 Å². The van der Waals surface area contributed by atoms with E-state index in [9.17, 15) is 27.2 Å². The zero-order valence-electron chi connectivity index (χ0n) is 16.0. The predicted molar refractivity (Wildman–Crippen MR) is 98.8 cm³/mol. The van der Waals surface area contributed by atoms with Crippen LogP contribution in [-0.2, 0) is 4.79 Å². The van der Waals surface area contributed by atoms with Gasteiger partial charge in [-0.05, 0) is 43.7 Å². The summed E-state index contributed by atoms with van der Waals surface area (Å²) < 4.78 is 53.6. The van der Waals surface area contributed by atoms with Crippen molar-refractivity contribution in [1.29, 1.82) is 0 Å². The van der Waals surface area contributed by atoms with Crippen LogP contribution in [0.25, 0.3) is 0 Å². The van der Waals surface area contributed by atoms with E-state index in [1.165, 1.54) is 4.90 Å². The van der Waals surface area contributed by atoms with Crippen LogP contribution >= 0.6 is 0 Å². The Kier molecular flexibility index (Phi) is 6.77. The Morgan fingerprint density at radius 3 is 2.48 bits per heavy atom. The van der Waals surface area contributed by atoms with Crippen LogP contribution in [0.2, 0.25) is 0 Å². The maximum absolute atomic E-state index is 14.5. The second kappa shape index (κ2) is 9.11. The Morgan fingerprint density at radius 2 is 1.83 bits per heavy atom. The quantitative estimate of drug-likeness (QED) is 0.594. The number of likely N-dealkylation sites (tertiary alicyclic amines) is 2. The molecule has 0 aliphatic carbocycles. The van der Waals surface area contributed by atoms with E-state index < -0.39 is 24.4 Å². The normalized spacial score (nSPS) is 25.8. The second-order valence-corrected chi connectivity index (χ2v) is 7.66. The fourth-order valence-electron chi connectivity index (χ4n) is 3.99. The Balaban J connectivity index is 1.46. The molecule has 0 saturated carbocycles. The number of hydrogen-bond acceptors (Lipinski definition) is 3. The first-order valence-electron chi connectivity index (χ1n) is 9.83. The molecule has 2 aliphatic heterocycles. The zero-order chi connectivity index (χ0) is 21.0. The molecule has 2 aliphatic rings. The van der Waals surface area contributed by atoms with Gasteiger partial charge in [0.15, 0.2) is 6.30 Å². The van der Waals surface area contributed by atoms with Gasteiger partial charge in [0.25, 0.3) is 5.91 Å². The number of benzene rings is 1. The van der Waals surface area contributed by atoms with Gasteiger partial charge in [0.1, 0.15) is 6.04 Å². The highest BCUT2D eigenvalue weighted by Crippen LogP contribution is 2.33. The van der Waals surface area contributed by atoms with Crippen molar-refractivity contribution in [3.8, 4) is 0 Å². The van der Waals surface area contributed by atoms with Crippen molar-refractivity contribution in [2.75, 3.05) is 26.2 Å². The summed E-state index contributed by atoms with van der Waals surface area (Å²) in [4.78, 5) is 26.5. The minimum Gasteiger partial charge on any atom is -0.352 e. The summed E-state index contributed by atoms with van der Waals surface area (Å²) in [5.41, 5.74) is 0.525. The molecule has 160 valence electrons. The molecule has 0 bridgehead atoms. The molecule has 0 spiro atoms. The van der Waals surface area contributed by atoms with Crippen LogP contribution in [0, 0.1) is 5.92 Å². The molecule has 1 N–H and O–H groups in total. The maximum Gasteiger partial charge on any atom is 0.408 e. The first kappa shape index (κ1) is 21.5. The Hall–Kier alpha value is -2.16. The number of carbonyl (C=O) groups is 2. The molecule has 29 heavy (non-hydrogen) atoms. The molecule has 1 aromatic rings. The van der Waals surface area contributed by atoms with Crippen molar-refractivity contribution in [2.24, 2.45) is 5.92 Å². The van der Waals surface area contributed by atoms with Crippen molar-refractivity contribution in [1.82, 2.24) is 15.1 Å². The Morgan fingerprint density at radius 1 is 1.10 bits per heavy atom. The zero-order valence-corrected chi connectivity index (χ0v) is 16.0. The molecule has 2 fully saturated rings. The smallest absolute Gasteiger partial charge is 0.352 e. The SMILES string of the molecule is O=C(NC[C@@H]1CCN(CC(=O)N2CCC[C@@H]2C(F)(F)F)[C@H](F)C1)c1ccccc1. The summed E-state index contributed by atoms with van der Waals surface area (Å²) >= 11 is 0. The van der Waals surface area contributed by atoms with Gasteiger partial charge in [-0.3, -0.25) is 14.5 Å². The highest BCUT2D eigenvalue weighted by Gasteiger charge is 2.48. The summed E-state index contributed by atoms with van der Waals surface area (Å²) in [5, 5.41) is 2.79. The van der Waals surface area contributed by atoms with Crippen molar-refractivity contribution >= 4 is 11.8 Å². The fraction of sp³-hybridized carbons (Fsp3) is 0.600. The van der Waals surface area contributed by atoms with Gasteiger partial charge in [-0.1, -0.05) is 18.2 Å². The number of piperidine rings is 1. The lowest BCUT2D eigenvalue weighted by Gasteiger charge is -2.36. The molecular weight excluding hydrogens is 390 g/mol. The fourth-order valence-corrected chi connectivity index (χ4v) is 3.99. The van der Waals surface area contributed by atoms with Crippen LogP contribution in [-0.4, -0.2) is 66.3 Å². The number of alkyl halides is 4. The van der Waals surface area contributed by atoms with E-state index in [2.05, 4.69) is 5.32 Å². The van der Waals surface area contributed by atoms with Gasteiger partial charge < -0.3 is 10.2 Å². The van der Waals surface area contributed by atoms with Gasteiger partial charge in [-0.2, -0.15) is 13.2 Å². The number of carbonyl (C=O) groups excluding carboxylic acids is 2. The molecule has 9 heteroatoms. The molecule has 0 unspecified atom stereocenters. The Bertz CT molecular complexity index is 713. The van der Waals surface area contributed by atoms with Gasteiger partial charge in [0.2, 0.25) is 5.91 Å². The van der Waals surface area contributed by atoms with Crippen molar-refractivity contribution in [3.63, 3.8) is 0 Å². The molecule has 0 aromatic heterocycles. The third-order valence-corrected chi connectivity index (χ3v) is 5.63. The lowest BCUT2D eigenvalue weighted by Crippen LogP contribution is -2.51. The van der Waals surface area contributed by atoms with Gasteiger partial charge in [0.05, 0.1) is 6.54 Å². The number of halogens is 4. The summed E-state index contributed by atoms with van der Waals surface area (Å²) in [6.45, 7) is 0.292. The monoisotopic (exact) mass is 415 g/mol. The van der Waals surface area contributed by atoms with Gasteiger partial charge in [0, 0.05) is 25.2 Å². The number of rotatable bonds is 5. The van der Waals surface area contributed by atoms with Gasteiger partial charge in [-0.15, -0.1) is 0 Å². The standard InChI is InChI=1S/C20H25F4N3O2/c21-17-11-14(12-25-19(29)15-5-2-1-3-6-15)8-10-26(17)13-18(28)27-9-4-7-16(27)20(22,23)24/h1-3,5-6,14,16-17H,4,7-13H2,(H,25,29)/t14-,16-,17+/m1/s1. The van der Waals surface area contributed by atoms with E-state index in [4.69, 9.17) is 0 Å². The largest absolute Gasteiger partial charge is 0.408 e. The van der Waals surface area contributed by atoms with E-state index in [0.29, 0.717) is 24.9 Å². The molecular formula is C20H25F4N3O2. The number of nitrogens with zero attached hydrogens (tertiary/aromatic N) is 2. The second-order valence-electron chi connectivity index (χ2n) is 7.66. The van der Waals surface area contributed by atoms with E-state index in [-0.39, 0.29) is 44.3 Å². The molecule has 0 radical (unpaired) electrons. The van der Waals surface area contributed by atoms with Crippen LogP contribution in [0.15, 0.2) is 30.3 Å². The van der Waals surface area contributed by atoms with Gasteiger partial charge in [-0.25, -0.2) is 4.39 Å². The van der Waals surface area contributed by atoms with E-state index >= 15 is 0 Å². The van der Waals surface area contributed by atoms with Crippen molar-refractivity contribution < 1.29 is 27.2 Å². The molecule has 2 heterocycles. The average Bonchev–Trinajstić information content (AvgIpc) is 3.19. The van der Waals surface area contributed by atoms with Crippen LogP contribution in [0.1, 0.15) is 36.0 Å². The summed E-state index contributed by atoms with van der Waals surface area (Å²) in [6.07, 6.45) is -4.98. The molecule has 3 atom stereocenters. The van der Waals surface area contributed by atoms with E-state index in [0.717, 1.165) is 4.90 Å². The van der Waals surface area contributed by atoms with Crippen LogP contribution in [0.5, 0.6) is 0 Å². The predicted octanol–water partition coefficient (Wildman–Crippen LogP) is 2.98. The third kappa shape index (κ3) is 5.46. The lowest BCUT2D eigenvalue weighted by molar-refractivity contribution is -0.183. The Labute approximate surface area is 167 Å². The average molecular weight is 415 g/mol. The van der Waals surface area contributed by atoms with Crippen LogP contribution in [0.3, 0.4) is 0 Å². The first-order valence-corrected chi connectivity index (χ1v) is 9.83. The summed E-state index contributed by atoms with van der Waals surface area (Å²) in [7, 11) is 0. The minimum absolute atomic E-state index is 0.0575. The molecule has 5 nitrogen and oxygen atoms in total. The maximum atomic E-state index is 14.5. The minimum atomic E-state index is -4.45. The third-order valence-electron chi connectivity index (χ3n) is 5.63. The summed E-state index contributed by atoms with van der Waals surface area (Å²) in [6, 6.07) is 6.93. The highest BCUT2D eigenvalue weighted by atomic mass is 19.4. The van der Waals surface area contributed by atoms with Crippen molar-refractivity contribution in [2.45, 2.75) is 44.2 Å². The molecule has 2 amide bonds. The van der Waals surface area contributed by atoms with Gasteiger partial charge >= 0.3 is 6.18 Å². The molecule has 2 saturated heterocycles. The van der Waals surface area contributed by atoms with Crippen LogP contribution < -0.4 is 5.32 Å². The topological polar surface area (TPSA) is 52.7 Å². The number of amides is 2. The van der Waals surface area contributed by atoms with E-state index in [1.54, 1.807) is 30.3 Å².